The maximum absolute atomic E-state index is 6.04. The Balaban J connectivity index is 2.00. The van der Waals surface area contributed by atoms with E-state index in [1.54, 1.807) is 30.3 Å². The molecule has 0 aliphatic rings. The minimum atomic E-state index is 0.330. The van der Waals surface area contributed by atoms with Gasteiger partial charge in [0.25, 0.3) is 0 Å². The summed E-state index contributed by atoms with van der Waals surface area (Å²) in [6, 6.07) is 8.22. The van der Waals surface area contributed by atoms with Crippen molar-refractivity contribution in [3.05, 3.63) is 45.4 Å². The van der Waals surface area contributed by atoms with Gasteiger partial charge < -0.3 is 4.74 Å². The van der Waals surface area contributed by atoms with Gasteiger partial charge in [0, 0.05) is 11.1 Å². The lowest BCUT2D eigenvalue weighted by atomic mass is 10.3. The summed E-state index contributed by atoms with van der Waals surface area (Å²) in [5, 5.41) is 8.53. The first-order valence-electron chi connectivity index (χ1n) is 5.18. The fourth-order valence-electron chi connectivity index (χ4n) is 1.57. The summed E-state index contributed by atoms with van der Waals surface area (Å²) in [6.45, 7) is 0. The van der Waals surface area contributed by atoms with Gasteiger partial charge >= 0.3 is 0 Å². The lowest BCUT2D eigenvalue weighted by Gasteiger charge is -2.09. The van der Waals surface area contributed by atoms with Gasteiger partial charge in [0.2, 0.25) is 0 Å². The van der Waals surface area contributed by atoms with Gasteiger partial charge in [-0.3, -0.25) is 0 Å². The topological polar surface area (TPSA) is 48.2 Å². The van der Waals surface area contributed by atoms with Crippen LogP contribution in [0.1, 0.15) is 0 Å². The molecule has 2 aromatic carbocycles. The van der Waals surface area contributed by atoms with E-state index in [0.29, 0.717) is 37.6 Å². The van der Waals surface area contributed by atoms with Gasteiger partial charge in [0.05, 0.1) is 10.0 Å². The van der Waals surface area contributed by atoms with E-state index in [-0.39, 0.29) is 0 Å². The molecule has 0 unspecified atom stereocenters. The van der Waals surface area contributed by atoms with Crippen molar-refractivity contribution in [1.29, 1.82) is 0 Å². The number of fused-ring (bicyclic) bond motifs is 1. The number of nitrogens with zero attached hydrogens (tertiary/aromatic N) is 2. The zero-order valence-corrected chi connectivity index (χ0v) is 11.5. The summed E-state index contributed by atoms with van der Waals surface area (Å²) in [4.78, 5) is 0. The van der Waals surface area contributed by atoms with E-state index in [1.165, 1.54) is 0 Å². The summed E-state index contributed by atoms with van der Waals surface area (Å²) in [6.07, 6.45) is 0. The van der Waals surface area contributed by atoms with E-state index in [1.807, 2.05) is 0 Å². The van der Waals surface area contributed by atoms with Crippen molar-refractivity contribution in [1.82, 2.24) is 10.3 Å². The third kappa shape index (κ3) is 2.47. The molecule has 0 spiro atoms. The Bertz CT molecular complexity index is 735. The minimum absolute atomic E-state index is 0.330. The highest BCUT2D eigenvalue weighted by molar-refractivity contribution is 6.40. The Hall–Kier alpha value is -1.49. The number of hydrogen-bond donors (Lipinski definition) is 0. The van der Waals surface area contributed by atoms with Crippen LogP contribution in [-0.2, 0) is 0 Å². The Labute approximate surface area is 122 Å². The van der Waals surface area contributed by atoms with Crippen molar-refractivity contribution in [2.45, 2.75) is 0 Å². The Kier molecular flexibility index (Phi) is 3.22. The molecule has 19 heavy (non-hydrogen) atoms. The molecular weight excluding hydrogens is 311 g/mol. The Morgan fingerprint density at radius 2 is 1.58 bits per heavy atom. The molecule has 0 aliphatic carbocycles. The number of hydrogen-bond acceptors (Lipinski definition) is 4. The van der Waals surface area contributed by atoms with Gasteiger partial charge in [0.15, 0.2) is 5.75 Å². The normalized spacial score (nSPS) is 10.9. The van der Waals surface area contributed by atoms with Crippen molar-refractivity contribution in [2.75, 3.05) is 0 Å². The van der Waals surface area contributed by atoms with Gasteiger partial charge in [-0.1, -0.05) is 34.8 Å². The van der Waals surface area contributed by atoms with Crippen LogP contribution in [0.3, 0.4) is 0 Å². The first kappa shape index (κ1) is 12.5. The molecule has 4 nitrogen and oxygen atoms in total. The first-order valence-corrected chi connectivity index (χ1v) is 6.31. The molecular formula is C12H5Cl3N2O2. The summed E-state index contributed by atoms with van der Waals surface area (Å²) in [5.41, 5.74) is 1.22. The van der Waals surface area contributed by atoms with Crippen LogP contribution in [0.4, 0.5) is 0 Å². The lowest BCUT2D eigenvalue weighted by molar-refractivity contribution is 0.315. The quantitative estimate of drug-likeness (QED) is 0.669. The molecule has 1 aromatic heterocycles. The molecule has 3 rings (SSSR count). The maximum Gasteiger partial charge on any atom is 0.164 e. The lowest BCUT2D eigenvalue weighted by Crippen LogP contribution is -1.87. The van der Waals surface area contributed by atoms with Crippen LogP contribution in [0, 0.1) is 0 Å². The standard InChI is InChI=1S/C12H5Cl3N2O2/c13-6-3-8(14)12(9(15)4-6)18-7-1-2-10-11(5-7)17-19-16-10/h1-5H. The van der Waals surface area contributed by atoms with Gasteiger partial charge in [-0.2, -0.15) is 0 Å². The zero-order chi connectivity index (χ0) is 13.4. The molecule has 0 aliphatic heterocycles. The first-order chi connectivity index (χ1) is 9.13. The number of rotatable bonds is 2. The van der Waals surface area contributed by atoms with Crippen LogP contribution in [0.25, 0.3) is 11.0 Å². The van der Waals surface area contributed by atoms with Gasteiger partial charge in [0.1, 0.15) is 16.8 Å². The largest absolute Gasteiger partial charge is 0.454 e. The summed E-state index contributed by atoms with van der Waals surface area (Å²) >= 11 is 17.9. The zero-order valence-electron chi connectivity index (χ0n) is 9.23. The van der Waals surface area contributed by atoms with E-state index in [4.69, 9.17) is 39.5 Å². The maximum atomic E-state index is 6.04. The monoisotopic (exact) mass is 314 g/mol. The molecule has 0 saturated carbocycles. The molecule has 96 valence electrons. The molecule has 0 N–H and O–H groups in total. The predicted octanol–water partition coefficient (Wildman–Crippen LogP) is 4.98. The van der Waals surface area contributed by atoms with Crippen molar-refractivity contribution in [3.63, 3.8) is 0 Å². The van der Waals surface area contributed by atoms with Crippen LogP contribution in [0.15, 0.2) is 35.0 Å². The Morgan fingerprint density at radius 3 is 2.32 bits per heavy atom. The molecule has 3 aromatic rings. The Morgan fingerprint density at radius 1 is 0.895 bits per heavy atom. The van der Waals surface area contributed by atoms with Crippen molar-refractivity contribution < 1.29 is 9.37 Å². The highest BCUT2D eigenvalue weighted by Crippen LogP contribution is 2.38. The third-order valence-corrected chi connectivity index (χ3v) is 3.19. The second-order valence-electron chi connectivity index (χ2n) is 3.72. The molecule has 0 saturated heterocycles. The summed E-state index contributed by atoms with van der Waals surface area (Å²) < 4.78 is 10.2. The molecule has 7 heteroatoms. The van der Waals surface area contributed by atoms with Gasteiger partial charge in [-0.05, 0) is 34.6 Å². The average molecular weight is 316 g/mol. The summed E-state index contributed by atoms with van der Waals surface area (Å²) in [7, 11) is 0. The second-order valence-corrected chi connectivity index (χ2v) is 4.97. The van der Waals surface area contributed by atoms with Crippen LogP contribution in [-0.4, -0.2) is 10.3 Å². The summed E-state index contributed by atoms with van der Waals surface area (Å²) in [5.74, 6) is 0.859. The van der Waals surface area contributed by atoms with Crippen molar-refractivity contribution in [2.24, 2.45) is 0 Å². The highest BCUT2D eigenvalue weighted by atomic mass is 35.5. The average Bonchev–Trinajstić information content (AvgIpc) is 2.81. The fraction of sp³-hybridized carbons (Fsp3) is 0. The van der Waals surface area contributed by atoms with E-state index >= 15 is 0 Å². The SMILES string of the molecule is Clc1cc(Cl)c(Oc2ccc3nonc3c2)c(Cl)c1. The molecule has 0 radical (unpaired) electrons. The highest BCUT2D eigenvalue weighted by Gasteiger charge is 2.11. The fourth-order valence-corrected chi connectivity index (χ4v) is 2.46. The number of aromatic nitrogens is 2. The van der Waals surface area contributed by atoms with Crippen LogP contribution in [0.2, 0.25) is 15.1 Å². The van der Waals surface area contributed by atoms with Crippen LogP contribution >= 0.6 is 34.8 Å². The van der Waals surface area contributed by atoms with E-state index in [2.05, 4.69) is 14.9 Å². The molecule has 0 bridgehead atoms. The smallest absolute Gasteiger partial charge is 0.164 e. The van der Waals surface area contributed by atoms with Crippen LogP contribution < -0.4 is 4.74 Å². The van der Waals surface area contributed by atoms with E-state index in [9.17, 15) is 0 Å². The number of halogens is 3. The van der Waals surface area contributed by atoms with Crippen LogP contribution in [0.5, 0.6) is 11.5 Å². The molecule has 1 heterocycles. The van der Waals surface area contributed by atoms with E-state index in [0.717, 1.165) is 0 Å². The van der Waals surface area contributed by atoms with Gasteiger partial charge in [-0.25, -0.2) is 4.63 Å². The predicted molar refractivity (Wildman–Crippen MR) is 73.3 cm³/mol. The van der Waals surface area contributed by atoms with Gasteiger partial charge in [-0.15, -0.1) is 0 Å². The number of ether oxygens (including phenoxy) is 1. The minimum Gasteiger partial charge on any atom is -0.454 e. The van der Waals surface area contributed by atoms with Crippen molar-refractivity contribution >= 4 is 45.8 Å². The second kappa shape index (κ2) is 4.89. The molecule has 0 fully saturated rings. The third-order valence-electron chi connectivity index (χ3n) is 2.41. The molecule has 0 atom stereocenters. The molecule has 0 amide bonds. The van der Waals surface area contributed by atoms with Crippen molar-refractivity contribution in [3.8, 4) is 11.5 Å². The van der Waals surface area contributed by atoms with E-state index < -0.39 is 0 Å². The number of benzene rings is 2.